The monoisotopic (exact) mass is 446 g/mol. The molecule has 0 unspecified atom stereocenters. The molecule has 2 aliphatic carbocycles. The summed E-state index contributed by atoms with van der Waals surface area (Å²) in [5.74, 6) is -8.48. The van der Waals surface area contributed by atoms with Gasteiger partial charge in [0, 0.05) is 28.3 Å². The topological polar surface area (TPSA) is 154 Å². The average Bonchev–Trinajstić information content (AvgIpc) is 3.31. The summed E-state index contributed by atoms with van der Waals surface area (Å²) in [5, 5.41) is 56.9. The Hall–Kier alpha value is -3.76. The smallest absolute Gasteiger partial charge is 0.277 e. The maximum Gasteiger partial charge on any atom is 0.277 e. The summed E-state index contributed by atoms with van der Waals surface area (Å²) in [6, 6.07) is 12.9. The molecule has 9 nitrogen and oxygen atoms in total. The van der Waals surface area contributed by atoms with Crippen LogP contribution in [-0.2, 0) is 22.8 Å². The third kappa shape index (κ3) is 1.60. The van der Waals surface area contributed by atoms with Crippen LogP contribution in [0.3, 0.4) is 0 Å². The van der Waals surface area contributed by atoms with Crippen molar-refractivity contribution in [2.45, 2.75) is 22.8 Å². The molecule has 2 aliphatic heterocycles. The van der Waals surface area contributed by atoms with E-state index in [1.807, 2.05) is 0 Å². The lowest BCUT2D eigenvalue weighted by Gasteiger charge is -2.30. The molecule has 0 spiro atoms. The molecular weight excluding hydrogens is 432 g/mol. The highest BCUT2D eigenvalue weighted by Crippen LogP contribution is 2.67. The van der Waals surface area contributed by atoms with Gasteiger partial charge in [-0.05, 0) is 0 Å². The zero-order valence-corrected chi connectivity index (χ0v) is 16.6. The number of hydrogen-bond acceptors (Lipinski definition) is 9. The molecular formula is C24H14O9. The highest BCUT2D eigenvalue weighted by molar-refractivity contribution is 6.12. The predicted octanol–water partition coefficient (Wildman–Crippen LogP) is 0.635. The highest BCUT2D eigenvalue weighted by atomic mass is 16.7. The molecule has 33 heavy (non-hydrogen) atoms. The van der Waals surface area contributed by atoms with Gasteiger partial charge in [-0.25, -0.2) is 0 Å². The molecule has 5 N–H and O–H groups in total. The van der Waals surface area contributed by atoms with Gasteiger partial charge in [0.15, 0.2) is 0 Å². The van der Waals surface area contributed by atoms with Crippen molar-refractivity contribution in [1.82, 2.24) is 0 Å². The fourth-order valence-electron chi connectivity index (χ4n) is 5.66. The Morgan fingerprint density at radius 2 is 1.03 bits per heavy atom. The lowest BCUT2D eigenvalue weighted by molar-refractivity contribution is -0.227. The van der Waals surface area contributed by atoms with Gasteiger partial charge >= 0.3 is 0 Å². The summed E-state index contributed by atoms with van der Waals surface area (Å²) in [7, 11) is 0. The molecule has 0 radical (unpaired) electrons. The number of carbonyl (C=O) groups is 2. The van der Waals surface area contributed by atoms with Gasteiger partial charge < -0.3 is 35.0 Å². The molecule has 0 fully saturated rings. The Morgan fingerprint density at radius 3 is 1.45 bits per heavy atom. The minimum Gasteiger partial charge on any atom is -0.507 e. The van der Waals surface area contributed by atoms with Gasteiger partial charge in [0.2, 0.25) is 22.8 Å². The molecule has 0 saturated carbocycles. The van der Waals surface area contributed by atoms with Crippen LogP contribution in [0.4, 0.5) is 0 Å². The molecule has 164 valence electrons. The van der Waals surface area contributed by atoms with E-state index in [1.165, 1.54) is 24.3 Å². The largest absolute Gasteiger partial charge is 0.507 e. The maximum atomic E-state index is 13.2. The van der Waals surface area contributed by atoms with Gasteiger partial charge in [0.1, 0.15) is 17.2 Å². The number of Topliss-reactive ketones (excluding diaryl/α,β-unsaturated/α-hetero) is 2. The fraction of sp³-hybridized carbons (Fsp3) is 0.167. The van der Waals surface area contributed by atoms with Crippen molar-refractivity contribution >= 4 is 11.6 Å². The number of benzene rings is 3. The second-order valence-electron chi connectivity index (χ2n) is 8.63. The molecule has 3 aromatic carbocycles. The summed E-state index contributed by atoms with van der Waals surface area (Å²) in [6.07, 6.45) is 0. The lowest BCUT2D eigenvalue weighted by atomic mass is 9.80. The van der Waals surface area contributed by atoms with Crippen LogP contribution >= 0.6 is 0 Å². The minimum atomic E-state index is -2.77. The van der Waals surface area contributed by atoms with Gasteiger partial charge in [-0.1, -0.05) is 48.5 Å². The second-order valence-corrected chi connectivity index (χ2v) is 8.63. The quantitative estimate of drug-likeness (QED) is 0.335. The van der Waals surface area contributed by atoms with Crippen molar-refractivity contribution in [2.75, 3.05) is 0 Å². The van der Waals surface area contributed by atoms with E-state index in [-0.39, 0.29) is 33.8 Å². The number of aliphatic hydroxyl groups is 4. The van der Waals surface area contributed by atoms with Crippen LogP contribution in [-0.4, -0.2) is 37.1 Å². The van der Waals surface area contributed by atoms with E-state index >= 15 is 0 Å². The van der Waals surface area contributed by atoms with Crippen molar-refractivity contribution in [1.29, 1.82) is 0 Å². The third-order valence-electron chi connectivity index (χ3n) is 7.18. The third-order valence-corrected chi connectivity index (χ3v) is 7.18. The first-order valence-corrected chi connectivity index (χ1v) is 10.1. The number of phenolic OH excluding ortho intramolecular Hbond substituents is 1. The van der Waals surface area contributed by atoms with Crippen molar-refractivity contribution in [3.8, 4) is 17.2 Å². The van der Waals surface area contributed by atoms with E-state index in [9.17, 15) is 35.1 Å². The van der Waals surface area contributed by atoms with Crippen molar-refractivity contribution in [3.63, 3.8) is 0 Å². The zero-order valence-electron chi connectivity index (χ0n) is 16.6. The second kappa shape index (κ2) is 5.08. The number of rotatable bonds is 0. The molecule has 3 aromatic rings. The van der Waals surface area contributed by atoms with Crippen LogP contribution in [0.1, 0.15) is 43.0 Å². The Labute approximate surface area is 184 Å². The number of aromatic hydroxyl groups is 1. The SMILES string of the molecule is O=C1c2ccccc2[C@]2(O)Oc3cc4c(c(O)c3[C@]12O)[C@@]1(O)C(=O)c2ccccc2[C@@]1(O)O4. The summed E-state index contributed by atoms with van der Waals surface area (Å²) in [5.41, 5.74) is -6.63. The number of ether oxygens (including phenoxy) is 2. The molecule has 0 saturated heterocycles. The van der Waals surface area contributed by atoms with Gasteiger partial charge in [0.25, 0.3) is 11.6 Å². The first kappa shape index (κ1) is 18.8. The first-order valence-electron chi connectivity index (χ1n) is 10.1. The van der Waals surface area contributed by atoms with Gasteiger partial charge in [-0.3, -0.25) is 9.59 Å². The first-order chi connectivity index (χ1) is 15.6. The van der Waals surface area contributed by atoms with Crippen LogP contribution in [0.2, 0.25) is 0 Å². The molecule has 4 atom stereocenters. The van der Waals surface area contributed by atoms with E-state index < -0.39 is 51.2 Å². The number of fused-ring (bicyclic) bond motifs is 10. The maximum absolute atomic E-state index is 13.2. The van der Waals surface area contributed by atoms with Crippen LogP contribution in [0.15, 0.2) is 54.6 Å². The van der Waals surface area contributed by atoms with Crippen molar-refractivity contribution in [2.24, 2.45) is 0 Å². The Kier molecular flexibility index (Phi) is 2.89. The van der Waals surface area contributed by atoms with Crippen LogP contribution in [0.25, 0.3) is 0 Å². The van der Waals surface area contributed by atoms with Crippen molar-refractivity contribution < 1.29 is 44.6 Å². The molecule has 0 bridgehead atoms. The predicted molar refractivity (Wildman–Crippen MR) is 106 cm³/mol. The summed E-state index contributed by atoms with van der Waals surface area (Å²) in [4.78, 5) is 26.4. The van der Waals surface area contributed by atoms with E-state index in [0.29, 0.717) is 0 Å². The van der Waals surface area contributed by atoms with E-state index in [0.717, 1.165) is 6.07 Å². The highest BCUT2D eigenvalue weighted by Gasteiger charge is 2.75. The average molecular weight is 446 g/mol. The van der Waals surface area contributed by atoms with Crippen LogP contribution < -0.4 is 9.47 Å². The minimum absolute atomic E-state index is 0.00579. The van der Waals surface area contributed by atoms with Crippen LogP contribution in [0.5, 0.6) is 17.2 Å². The number of phenols is 1. The Morgan fingerprint density at radius 1 is 0.636 bits per heavy atom. The summed E-state index contributed by atoms with van der Waals surface area (Å²) >= 11 is 0. The Balaban J connectivity index is 1.52. The van der Waals surface area contributed by atoms with E-state index in [4.69, 9.17) is 9.47 Å². The van der Waals surface area contributed by atoms with Crippen molar-refractivity contribution in [3.05, 3.63) is 88.0 Å². The lowest BCUT2D eigenvalue weighted by Crippen LogP contribution is -2.49. The van der Waals surface area contributed by atoms with Crippen LogP contribution in [0, 0.1) is 0 Å². The van der Waals surface area contributed by atoms with Gasteiger partial charge in [0.05, 0.1) is 11.1 Å². The molecule has 2 heterocycles. The number of hydrogen-bond donors (Lipinski definition) is 5. The molecule has 0 aromatic heterocycles. The molecule has 7 rings (SSSR count). The van der Waals surface area contributed by atoms with Gasteiger partial charge in [-0.15, -0.1) is 0 Å². The summed E-state index contributed by atoms with van der Waals surface area (Å²) < 4.78 is 11.2. The summed E-state index contributed by atoms with van der Waals surface area (Å²) in [6.45, 7) is 0. The molecule has 0 amide bonds. The molecule has 9 heteroatoms. The zero-order chi connectivity index (χ0) is 23.1. The molecule has 4 aliphatic rings. The normalized spacial score (nSPS) is 34.1. The number of carbonyl (C=O) groups excluding carboxylic acids is 2. The Bertz CT molecular complexity index is 1390. The fourth-order valence-corrected chi connectivity index (χ4v) is 5.66. The number of ketones is 2. The van der Waals surface area contributed by atoms with Gasteiger partial charge in [-0.2, -0.15) is 0 Å². The van der Waals surface area contributed by atoms with E-state index in [2.05, 4.69) is 0 Å². The van der Waals surface area contributed by atoms with E-state index in [1.54, 1.807) is 24.3 Å². The standard InChI is InChI=1S/C24H14O9/c25-18-16-14(32-23(30)12-7-3-1-5-10(12)19(26)21(16,23)28)9-15-17(18)22(29)20(27)11-6-2-4-8-13(11)24(22,31)33-15/h1-9,25,28-31H/t21-,22+,23-,24+.